The fraction of sp³-hybridized carbons (Fsp3) is 0.667. The molecule has 0 saturated heterocycles. The number of hydrogen-bond donors (Lipinski definition) is 2. The highest BCUT2D eigenvalue weighted by Crippen LogP contribution is 2.07. The van der Waals surface area contributed by atoms with Crippen LogP contribution in [0.25, 0.3) is 0 Å². The number of nitrogens with zero attached hydrogens (tertiary/aromatic N) is 2. The van der Waals surface area contributed by atoms with E-state index in [0.29, 0.717) is 13.0 Å². The summed E-state index contributed by atoms with van der Waals surface area (Å²) in [4.78, 5) is 11.5. The fourth-order valence-electron chi connectivity index (χ4n) is 1.04. The SMILES string of the molecule is COCCC(C)(O)CNC(=O)c1cnsn1. The minimum Gasteiger partial charge on any atom is -0.388 e. The van der Waals surface area contributed by atoms with Crippen LogP contribution in [0.5, 0.6) is 0 Å². The zero-order chi connectivity index (χ0) is 12.0. The molecule has 0 aliphatic rings. The molecule has 0 aromatic carbocycles. The van der Waals surface area contributed by atoms with Crippen molar-refractivity contribution in [3.63, 3.8) is 0 Å². The van der Waals surface area contributed by atoms with Crippen molar-refractivity contribution in [1.29, 1.82) is 0 Å². The zero-order valence-corrected chi connectivity index (χ0v) is 10.1. The summed E-state index contributed by atoms with van der Waals surface area (Å²) in [6.07, 6.45) is 1.85. The van der Waals surface area contributed by atoms with Crippen LogP contribution in [0.2, 0.25) is 0 Å². The van der Waals surface area contributed by atoms with Crippen molar-refractivity contribution in [2.75, 3.05) is 20.3 Å². The normalized spacial score (nSPS) is 14.4. The molecule has 0 radical (unpaired) electrons. The minimum atomic E-state index is -0.977. The summed E-state index contributed by atoms with van der Waals surface area (Å²) in [6.45, 7) is 2.25. The van der Waals surface area contributed by atoms with Crippen LogP contribution >= 0.6 is 11.7 Å². The summed E-state index contributed by atoms with van der Waals surface area (Å²) in [5.41, 5.74) is -0.706. The first-order valence-electron chi connectivity index (χ1n) is 4.82. The third kappa shape index (κ3) is 4.21. The Hall–Kier alpha value is -1.05. The largest absolute Gasteiger partial charge is 0.388 e. The smallest absolute Gasteiger partial charge is 0.272 e. The number of rotatable bonds is 6. The molecule has 1 atom stereocenters. The summed E-state index contributed by atoms with van der Waals surface area (Å²) in [7, 11) is 1.57. The molecule has 1 rings (SSSR count). The van der Waals surface area contributed by atoms with Crippen molar-refractivity contribution in [2.45, 2.75) is 18.9 Å². The maximum absolute atomic E-state index is 11.5. The molecule has 1 heterocycles. The van der Waals surface area contributed by atoms with Gasteiger partial charge >= 0.3 is 0 Å². The molecule has 1 aromatic heterocycles. The molecule has 7 heteroatoms. The van der Waals surface area contributed by atoms with Gasteiger partial charge in [0.2, 0.25) is 0 Å². The van der Waals surface area contributed by atoms with Gasteiger partial charge in [0, 0.05) is 26.7 Å². The molecule has 16 heavy (non-hydrogen) atoms. The van der Waals surface area contributed by atoms with Crippen LogP contribution in [0, 0.1) is 0 Å². The number of methoxy groups -OCH3 is 1. The number of nitrogens with one attached hydrogen (secondary N) is 1. The van der Waals surface area contributed by atoms with E-state index in [1.807, 2.05) is 0 Å². The average molecular weight is 245 g/mol. The molecule has 0 bridgehead atoms. The molecule has 0 aliphatic heterocycles. The van der Waals surface area contributed by atoms with Gasteiger partial charge in [-0.05, 0) is 6.92 Å². The number of amides is 1. The van der Waals surface area contributed by atoms with E-state index in [4.69, 9.17) is 4.74 Å². The Bertz CT molecular complexity index is 327. The number of ether oxygens (including phenoxy) is 1. The quantitative estimate of drug-likeness (QED) is 0.740. The summed E-state index contributed by atoms with van der Waals surface area (Å²) in [5.74, 6) is -0.327. The van der Waals surface area contributed by atoms with Crippen LogP contribution in [-0.4, -0.2) is 45.6 Å². The first-order valence-corrected chi connectivity index (χ1v) is 5.55. The van der Waals surface area contributed by atoms with Gasteiger partial charge in [-0.15, -0.1) is 0 Å². The van der Waals surface area contributed by atoms with Gasteiger partial charge in [-0.25, -0.2) is 0 Å². The molecule has 1 unspecified atom stereocenters. The number of carbonyl (C=O) groups is 1. The topological polar surface area (TPSA) is 84.3 Å². The van der Waals surface area contributed by atoms with E-state index in [1.54, 1.807) is 14.0 Å². The zero-order valence-electron chi connectivity index (χ0n) is 9.27. The van der Waals surface area contributed by atoms with Crippen molar-refractivity contribution in [3.8, 4) is 0 Å². The van der Waals surface area contributed by atoms with Crippen molar-refractivity contribution in [2.24, 2.45) is 0 Å². The summed E-state index contributed by atoms with van der Waals surface area (Å²) in [5, 5.41) is 12.5. The maximum Gasteiger partial charge on any atom is 0.272 e. The van der Waals surface area contributed by atoms with Gasteiger partial charge in [-0.3, -0.25) is 4.79 Å². The van der Waals surface area contributed by atoms with Gasteiger partial charge in [0.05, 0.1) is 23.5 Å². The second-order valence-electron chi connectivity index (χ2n) is 3.72. The van der Waals surface area contributed by atoms with Gasteiger partial charge in [0.1, 0.15) is 0 Å². The Labute approximate surface area is 98.0 Å². The first-order chi connectivity index (χ1) is 7.55. The Morgan fingerprint density at radius 2 is 2.50 bits per heavy atom. The molecule has 0 saturated carbocycles. The first kappa shape index (κ1) is 13.0. The standard InChI is InChI=1S/C9H15N3O3S/c1-9(14,3-4-15-2)6-10-8(13)7-5-11-16-12-7/h5,14H,3-4,6H2,1-2H3,(H,10,13). The minimum absolute atomic E-state index is 0.159. The van der Waals surface area contributed by atoms with E-state index in [1.165, 1.54) is 6.20 Å². The second kappa shape index (κ2) is 5.88. The third-order valence-corrected chi connectivity index (χ3v) is 2.55. The number of aliphatic hydroxyl groups is 1. The van der Waals surface area contributed by atoms with E-state index in [2.05, 4.69) is 14.1 Å². The molecular weight excluding hydrogens is 230 g/mol. The van der Waals surface area contributed by atoms with Crippen LogP contribution in [0.3, 0.4) is 0 Å². The van der Waals surface area contributed by atoms with E-state index >= 15 is 0 Å². The van der Waals surface area contributed by atoms with Gasteiger partial charge in [0.15, 0.2) is 5.69 Å². The lowest BCUT2D eigenvalue weighted by Crippen LogP contribution is -2.41. The Morgan fingerprint density at radius 1 is 1.75 bits per heavy atom. The second-order valence-corrected chi connectivity index (χ2v) is 4.27. The number of aromatic nitrogens is 2. The predicted molar refractivity (Wildman–Crippen MR) is 59.4 cm³/mol. The van der Waals surface area contributed by atoms with E-state index in [0.717, 1.165) is 11.7 Å². The van der Waals surface area contributed by atoms with Crippen molar-refractivity contribution >= 4 is 17.6 Å². The molecule has 0 spiro atoms. The molecule has 0 aliphatic carbocycles. The van der Waals surface area contributed by atoms with Crippen molar-refractivity contribution in [1.82, 2.24) is 14.1 Å². The van der Waals surface area contributed by atoms with Gasteiger partial charge in [0.25, 0.3) is 5.91 Å². The van der Waals surface area contributed by atoms with Crippen LogP contribution in [0.1, 0.15) is 23.8 Å². The van der Waals surface area contributed by atoms with Crippen LogP contribution in [0.4, 0.5) is 0 Å². The predicted octanol–water partition coefficient (Wildman–Crippen LogP) is 0.0554. The van der Waals surface area contributed by atoms with E-state index < -0.39 is 5.60 Å². The Morgan fingerprint density at radius 3 is 3.06 bits per heavy atom. The van der Waals surface area contributed by atoms with Crippen LogP contribution < -0.4 is 5.32 Å². The lowest BCUT2D eigenvalue weighted by molar-refractivity contribution is 0.0243. The number of hydrogen-bond acceptors (Lipinski definition) is 6. The molecule has 90 valence electrons. The van der Waals surface area contributed by atoms with Crippen molar-refractivity contribution in [3.05, 3.63) is 11.9 Å². The van der Waals surface area contributed by atoms with E-state index in [-0.39, 0.29) is 18.1 Å². The third-order valence-electron chi connectivity index (χ3n) is 2.07. The van der Waals surface area contributed by atoms with Gasteiger partial charge in [-0.2, -0.15) is 8.75 Å². The summed E-state index contributed by atoms with van der Waals surface area (Å²) in [6, 6.07) is 0. The Balaban J connectivity index is 2.36. The lowest BCUT2D eigenvalue weighted by atomic mass is 10.0. The van der Waals surface area contributed by atoms with Crippen LogP contribution in [-0.2, 0) is 4.74 Å². The molecule has 1 aromatic rings. The monoisotopic (exact) mass is 245 g/mol. The van der Waals surface area contributed by atoms with Gasteiger partial charge in [-0.1, -0.05) is 0 Å². The van der Waals surface area contributed by atoms with Crippen molar-refractivity contribution < 1.29 is 14.6 Å². The highest BCUT2D eigenvalue weighted by Gasteiger charge is 2.21. The molecular formula is C9H15N3O3S. The lowest BCUT2D eigenvalue weighted by Gasteiger charge is -2.22. The highest BCUT2D eigenvalue weighted by atomic mass is 32.1. The molecule has 6 nitrogen and oxygen atoms in total. The maximum atomic E-state index is 11.5. The Kier molecular flexibility index (Phi) is 4.78. The highest BCUT2D eigenvalue weighted by molar-refractivity contribution is 6.99. The van der Waals surface area contributed by atoms with E-state index in [9.17, 15) is 9.90 Å². The number of carbonyl (C=O) groups excluding carboxylic acids is 1. The van der Waals surface area contributed by atoms with Gasteiger partial charge < -0.3 is 15.2 Å². The fourth-order valence-corrected chi connectivity index (χ4v) is 1.45. The molecule has 2 N–H and O–H groups in total. The average Bonchev–Trinajstić information content (AvgIpc) is 2.77. The molecule has 1 amide bonds. The molecule has 0 fully saturated rings. The summed E-state index contributed by atoms with van der Waals surface area (Å²) >= 11 is 0.972. The summed E-state index contributed by atoms with van der Waals surface area (Å²) < 4.78 is 12.4. The van der Waals surface area contributed by atoms with Crippen LogP contribution in [0.15, 0.2) is 6.20 Å².